The Balaban J connectivity index is 1.75. The molecule has 0 bridgehead atoms. The number of carbonyl (C=O) groups excluding carboxylic acids is 6. The van der Waals surface area contributed by atoms with Crippen LogP contribution in [-0.2, 0) is 43.0 Å². The van der Waals surface area contributed by atoms with Crippen LogP contribution in [0, 0.1) is 28.6 Å². The van der Waals surface area contributed by atoms with E-state index in [0.717, 1.165) is 6.42 Å². The van der Waals surface area contributed by atoms with Crippen LogP contribution < -0.4 is 10.6 Å². The number of hydrogen-bond donors (Lipinski definition) is 3. The quantitative estimate of drug-likeness (QED) is 0.100. The summed E-state index contributed by atoms with van der Waals surface area (Å²) in [5, 5.41) is 14.6. The van der Waals surface area contributed by atoms with Crippen LogP contribution in [0.4, 0.5) is 0 Å². The SMILES string of the molecule is CC(C)C(=O)CCOCCNC(=O)C1(C(=O)C(C)(C)CC(C)C(=O)CCOCCC(=O)NC2(C(=O)C(C)C)CN(CC(=O)O)C2)CCC1. The molecule has 3 N–H and O–H groups in total. The molecule has 0 aromatic carbocycles. The van der Waals surface area contributed by atoms with Crippen molar-refractivity contribution < 1.29 is 48.1 Å². The first kappa shape index (κ1) is 41.1. The van der Waals surface area contributed by atoms with E-state index in [1.54, 1.807) is 39.5 Å². The van der Waals surface area contributed by atoms with Gasteiger partial charge in [-0.3, -0.25) is 38.5 Å². The molecule has 1 unspecified atom stereocenters. The lowest BCUT2D eigenvalue weighted by Crippen LogP contribution is -2.75. The molecular weight excluding hydrogens is 622 g/mol. The Labute approximate surface area is 284 Å². The second-order valence-corrected chi connectivity index (χ2v) is 14.8. The van der Waals surface area contributed by atoms with Crippen LogP contribution in [0.2, 0.25) is 0 Å². The number of carboxylic acid groups (broad SMARTS) is 1. The first-order valence-corrected chi connectivity index (χ1v) is 17.2. The molecule has 0 aromatic rings. The topological polar surface area (TPSA) is 185 Å². The normalized spacial score (nSPS) is 17.6. The summed E-state index contributed by atoms with van der Waals surface area (Å²) in [5.41, 5.74) is -3.14. The Morgan fingerprint density at radius 2 is 1.38 bits per heavy atom. The average molecular weight is 680 g/mol. The fraction of sp³-hybridized carbons (Fsp3) is 0.800. The molecule has 2 amide bonds. The van der Waals surface area contributed by atoms with Gasteiger partial charge >= 0.3 is 5.97 Å². The van der Waals surface area contributed by atoms with Crippen molar-refractivity contribution in [2.24, 2.45) is 28.6 Å². The molecule has 13 heteroatoms. The van der Waals surface area contributed by atoms with Gasteiger partial charge in [-0.2, -0.15) is 0 Å². The molecule has 272 valence electrons. The second kappa shape index (κ2) is 18.1. The van der Waals surface area contributed by atoms with E-state index in [9.17, 15) is 33.6 Å². The van der Waals surface area contributed by atoms with Gasteiger partial charge in [-0.1, -0.05) is 54.9 Å². The minimum absolute atomic E-state index is 0.0224. The van der Waals surface area contributed by atoms with Crippen molar-refractivity contribution in [1.82, 2.24) is 15.5 Å². The summed E-state index contributed by atoms with van der Waals surface area (Å²) in [7, 11) is 0. The molecular formula is C35H57N3O10. The van der Waals surface area contributed by atoms with Crippen LogP contribution in [0.5, 0.6) is 0 Å². The van der Waals surface area contributed by atoms with Crippen molar-refractivity contribution in [1.29, 1.82) is 0 Å². The number of aliphatic carboxylic acids is 1. The fourth-order valence-corrected chi connectivity index (χ4v) is 6.56. The third-order valence-corrected chi connectivity index (χ3v) is 9.41. The van der Waals surface area contributed by atoms with Crippen molar-refractivity contribution in [3.8, 4) is 0 Å². The number of nitrogens with zero attached hydrogens (tertiary/aromatic N) is 1. The highest BCUT2D eigenvalue weighted by atomic mass is 16.5. The maximum Gasteiger partial charge on any atom is 0.317 e. The summed E-state index contributed by atoms with van der Waals surface area (Å²) in [5.74, 6) is -2.84. The van der Waals surface area contributed by atoms with Crippen molar-refractivity contribution in [3.63, 3.8) is 0 Å². The highest BCUT2D eigenvalue weighted by Crippen LogP contribution is 2.48. The molecule has 1 aliphatic carbocycles. The summed E-state index contributed by atoms with van der Waals surface area (Å²) in [6, 6.07) is 0. The van der Waals surface area contributed by atoms with Crippen LogP contribution in [0.25, 0.3) is 0 Å². The highest BCUT2D eigenvalue weighted by molar-refractivity contribution is 6.09. The summed E-state index contributed by atoms with van der Waals surface area (Å²) in [6.07, 6.45) is 2.37. The summed E-state index contributed by atoms with van der Waals surface area (Å²) < 4.78 is 11.0. The number of rotatable bonds is 24. The van der Waals surface area contributed by atoms with E-state index in [1.165, 1.54) is 0 Å². The molecule has 2 rings (SSSR count). The second-order valence-electron chi connectivity index (χ2n) is 14.8. The maximum atomic E-state index is 13.7. The van der Waals surface area contributed by atoms with Gasteiger partial charge < -0.3 is 25.2 Å². The number of hydrogen-bond acceptors (Lipinski definition) is 10. The number of nitrogens with one attached hydrogen (secondary N) is 2. The third kappa shape index (κ3) is 11.3. The summed E-state index contributed by atoms with van der Waals surface area (Å²) >= 11 is 0. The summed E-state index contributed by atoms with van der Waals surface area (Å²) in [6.45, 7) is 13.4. The molecule has 2 aliphatic rings. The lowest BCUT2D eigenvalue weighted by Gasteiger charge is -2.49. The zero-order valence-electron chi connectivity index (χ0n) is 29.9. The minimum Gasteiger partial charge on any atom is -0.480 e. The van der Waals surface area contributed by atoms with Gasteiger partial charge in [0.1, 0.15) is 22.5 Å². The standard InChI is InChI=1S/C35H57N3O10/c1-23(2)26(39)9-15-48-18-14-36-32(46)34(12-8-13-34)31(45)33(6,7)19-25(5)27(40)10-16-47-17-11-28(41)37-35(30(44)24(3)4)21-38(22-35)20-29(42)43/h23-25H,8-22H2,1-7H3,(H,36,46)(H,37,41)(H,42,43). The predicted octanol–water partition coefficient (Wildman–Crippen LogP) is 2.37. The van der Waals surface area contributed by atoms with E-state index in [1.807, 2.05) is 13.8 Å². The van der Waals surface area contributed by atoms with Gasteiger partial charge in [0.25, 0.3) is 0 Å². The number of amides is 2. The van der Waals surface area contributed by atoms with Crippen molar-refractivity contribution >= 4 is 40.9 Å². The van der Waals surface area contributed by atoms with Gasteiger partial charge in [0.15, 0.2) is 11.6 Å². The molecule has 0 aromatic heterocycles. The largest absolute Gasteiger partial charge is 0.480 e. The lowest BCUT2D eigenvalue weighted by molar-refractivity contribution is -0.155. The van der Waals surface area contributed by atoms with Gasteiger partial charge in [0, 0.05) is 62.1 Å². The van der Waals surface area contributed by atoms with Crippen molar-refractivity contribution in [2.45, 2.75) is 99.0 Å². The molecule has 13 nitrogen and oxygen atoms in total. The molecule has 1 aliphatic heterocycles. The molecule has 1 atom stereocenters. The predicted molar refractivity (Wildman–Crippen MR) is 177 cm³/mol. The zero-order chi connectivity index (χ0) is 36.3. The third-order valence-electron chi connectivity index (χ3n) is 9.41. The van der Waals surface area contributed by atoms with Crippen LogP contribution in [-0.4, -0.2) is 109 Å². The lowest BCUT2D eigenvalue weighted by atomic mass is 9.58. The maximum absolute atomic E-state index is 13.7. The Morgan fingerprint density at radius 1 is 0.812 bits per heavy atom. The van der Waals surface area contributed by atoms with Crippen LogP contribution in [0.15, 0.2) is 0 Å². The van der Waals surface area contributed by atoms with Gasteiger partial charge in [-0.25, -0.2) is 0 Å². The first-order chi connectivity index (χ1) is 22.4. The number of ether oxygens (including phenoxy) is 2. The van der Waals surface area contributed by atoms with Crippen molar-refractivity contribution in [2.75, 3.05) is 52.6 Å². The summed E-state index contributed by atoms with van der Waals surface area (Å²) in [4.78, 5) is 89.5. The fourth-order valence-electron chi connectivity index (χ4n) is 6.56. The van der Waals surface area contributed by atoms with E-state index in [-0.39, 0.29) is 113 Å². The Bertz CT molecular complexity index is 1180. The van der Waals surface area contributed by atoms with Crippen LogP contribution >= 0.6 is 0 Å². The number of likely N-dealkylation sites (tertiary alicyclic amines) is 1. The highest BCUT2D eigenvalue weighted by Gasteiger charge is 2.55. The van der Waals surface area contributed by atoms with E-state index < -0.39 is 34.2 Å². The van der Waals surface area contributed by atoms with E-state index >= 15 is 0 Å². The van der Waals surface area contributed by atoms with E-state index in [4.69, 9.17) is 14.6 Å². The molecule has 0 spiro atoms. The number of carbonyl (C=O) groups is 7. The Morgan fingerprint density at radius 3 is 1.90 bits per heavy atom. The first-order valence-electron chi connectivity index (χ1n) is 17.2. The van der Waals surface area contributed by atoms with E-state index in [2.05, 4.69) is 10.6 Å². The van der Waals surface area contributed by atoms with E-state index in [0.29, 0.717) is 19.3 Å². The monoisotopic (exact) mass is 679 g/mol. The smallest absolute Gasteiger partial charge is 0.317 e. The van der Waals surface area contributed by atoms with Gasteiger partial charge in [-0.05, 0) is 19.3 Å². The van der Waals surface area contributed by atoms with Crippen LogP contribution in [0.3, 0.4) is 0 Å². The zero-order valence-corrected chi connectivity index (χ0v) is 29.9. The van der Waals surface area contributed by atoms with Crippen molar-refractivity contribution in [3.05, 3.63) is 0 Å². The molecule has 1 saturated heterocycles. The number of Topliss-reactive ketones (excluding diaryl/α,β-unsaturated/α-hetero) is 4. The Kier molecular flexibility index (Phi) is 15.5. The number of ketones is 4. The Hall–Kier alpha value is -3.03. The van der Waals surface area contributed by atoms with Crippen LogP contribution in [0.1, 0.15) is 93.4 Å². The molecule has 2 fully saturated rings. The average Bonchev–Trinajstić information content (AvgIpc) is 2.95. The number of carboxylic acids is 1. The minimum atomic E-state index is -1.12. The van der Waals surface area contributed by atoms with Gasteiger partial charge in [0.2, 0.25) is 11.8 Å². The molecule has 48 heavy (non-hydrogen) atoms. The molecule has 0 radical (unpaired) electrons. The molecule has 1 heterocycles. The molecule has 1 saturated carbocycles. The van der Waals surface area contributed by atoms with Gasteiger partial charge in [0.05, 0.1) is 33.0 Å². The van der Waals surface area contributed by atoms with Gasteiger partial charge in [-0.15, -0.1) is 0 Å².